The van der Waals surface area contributed by atoms with Crippen molar-refractivity contribution in [1.82, 2.24) is 0 Å². The van der Waals surface area contributed by atoms with Crippen LogP contribution in [0, 0.1) is 0 Å². The van der Waals surface area contributed by atoms with Crippen LogP contribution in [0.1, 0.15) is 35.7 Å². The SMILES string of the molecule is CC(C)c1ccc(C(=O)N=C(N)N)cc1.CSC. The van der Waals surface area contributed by atoms with E-state index in [1.165, 1.54) is 5.56 Å². The average Bonchev–Trinajstić information content (AvgIpc) is 2.29. The van der Waals surface area contributed by atoms with E-state index in [9.17, 15) is 4.79 Å². The second kappa shape index (κ2) is 8.58. The van der Waals surface area contributed by atoms with E-state index < -0.39 is 5.91 Å². The van der Waals surface area contributed by atoms with Crippen LogP contribution in [0.15, 0.2) is 29.3 Å². The van der Waals surface area contributed by atoms with Crippen molar-refractivity contribution < 1.29 is 4.79 Å². The summed E-state index contributed by atoms with van der Waals surface area (Å²) in [4.78, 5) is 14.8. The number of hydrogen-bond donors (Lipinski definition) is 2. The van der Waals surface area contributed by atoms with Gasteiger partial charge in [0.2, 0.25) is 0 Å². The summed E-state index contributed by atoms with van der Waals surface area (Å²) in [6, 6.07) is 7.26. The van der Waals surface area contributed by atoms with Crippen molar-refractivity contribution in [3.63, 3.8) is 0 Å². The number of aliphatic imine (C=N–C) groups is 1. The quantitative estimate of drug-likeness (QED) is 0.636. The smallest absolute Gasteiger partial charge is 0.280 e. The Balaban J connectivity index is 0.000000873. The van der Waals surface area contributed by atoms with E-state index in [0.29, 0.717) is 11.5 Å². The van der Waals surface area contributed by atoms with Gasteiger partial charge < -0.3 is 11.5 Å². The molecule has 0 atom stereocenters. The molecule has 0 aliphatic rings. The molecule has 0 bridgehead atoms. The van der Waals surface area contributed by atoms with Gasteiger partial charge in [-0.1, -0.05) is 26.0 Å². The van der Waals surface area contributed by atoms with Gasteiger partial charge in [0.1, 0.15) is 0 Å². The van der Waals surface area contributed by atoms with Crippen molar-refractivity contribution in [3.8, 4) is 0 Å². The number of hydrogen-bond acceptors (Lipinski definition) is 2. The van der Waals surface area contributed by atoms with Crippen LogP contribution >= 0.6 is 11.8 Å². The molecule has 0 saturated carbocycles. The van der Waals surface area contributed by atoms with Gasteiger partial charge in [0, 0.05) is 5.56 Å². The Hall–Kier alpha value is -1.49. The normalized spacial score (nSPS) is 9.39. The molecule has 1 aromatic carbocycles. The maximum Gasteiger partial charge on any atom is 0.280 e. The number of carbonyl (C=O) groups excluding carboxylic acids is 1. The third-order valence-electron chi connectivity index (χ3n) is 2.05. The van der Waals surface area contributed by atoms with E-state index in [-0.39, 0.29) is 5.96 Å². The van der Waals surface area contributed by atoms with Gasteiger partial charge in [0.05, 0.1) is 0 Å². The molecular weight excluding hydrogens is 246 g/mol. The van der Waals surface area contributed by atoms with E-state index in [1.54, 1.807) is 23.9 Å². The molecule has 0 aliphatic heterocycles. The molecule has 0 fully saturated rings. The van der Waals surface area contributed by atoms with Crippen LogP contribution in [-0.4, -0.2) is 24.4 Å². The second-order valence-electron chi connectivity index (χ2n) is 4.03. The molecule has 5 heteroatoms. The van der Waals surface area contributed by atoms with Crippen molar-refractivity contribution in [2.45, 2.75) is 19.8 Å². The molecule has 4 nitrogen and oxygen atoms in total. The maximum absolute atomic E-state index is 11.4. The molecule has 1 amide bonds. The third kappa shape index (κ3) is 6.30. The van der Waals surface area contributed by atoms with E-state index in [0.717, 1.165) is 0 Å². The van der Waals surface area contributed by atoms with Crippen molar-refractivity contribution >= 4 is 23.6 Å². The summed E-state index contributed by atoms with van der Waals surface area (Å²) in [5.41, 5.74) is 11.9. The fourth-order valence-electron chi connectivity index (χ4n) is 1.19. The minimum atomic E-state index is -0.412. The number of rotatable bonds is 2. The van der Waals surface area contributed by atoms with Gasteiger partial charge in [-0.05, 0) is 36.1 Å². The summed E-state index contributed by atoms with van der Waals surface area (Å²) in [7, 11) is 0. The molecule has 0 heterocycles. The minimum absolute atomic E-state index is 0.215. The number of thioether (sulfide) groups is 1. The average molecular weight is 267 g/mol. The lowest BCUT2D eigenvalue weighted by Gasteiger charge is -2.04. The Labute approximate surface area is 113 Å². The Kier molecular flexibility index (Phi) is 7.87. The first kappa shape index (κ1) is 16.5. The topological polar surface area (TPSA) is 81.5 Å². The molecule has 18 heavy (non-hydrogen) atoms. The number of amides is 1. The zero-order valence-corrected chi connectivity index (χ0v) is 12.1. The minimum Gasteiger partial charge on any atom is -0.370 e. The maximum atomic E-state index is 11.4. The monoisotopic (exact) mass is 267 g/mol. The lowest BCUT2D eigenvalue weighted by molar-refractivity contribution is 0.100. The summed E-state index contributed by atoms with van der Waals surface area (Å²) in [5, 5.41) is 0. The van der Waals surface area contributed by atoms with Crippen LogP contribution in [-0.2, 0) is 0 Å². The van der Waals surface area contributed by atoms with Crippen LogP contribution in [0.3, 0.4) is 0 Å². The first-order valence-corrected chi connectivity index (χ1v) is 7.19. The molecular formula is C13H21N3OS. The highest BCUT2D eigenvalue weighted by molar-refractivity contribution is 7.97. The first-order chi connectivity index (χ1) is 8.42. The number of carbonyl (C=O) groups is 1. The standard InChI is InChI=1S/C11H15N3O.C2H6S/c1-7(2)8-3-5-9(6-4-8)10(15)14-11(12)13;1-3-2/h3-7H,1-2H3,(H4,12,13,14,15);1-2H3. The number of guanidine groups is 1. The first-order valence-electron chi connectivity index (χ1n) is 5.56. The Morgan fingerprint density at radius 1 is 1.17 bits per heavy atom. The molecule has 1 rings (SSSR count). The Morgan fingerprint density at radius 3 is 1.94 bits per heavy atom. The van der Waals surface area contributed by atoms with E-state index in [1.807, 2.05) is 24.6 Å². The van der Waals surface area contributed by atoms with E-state index in [4.69, 9.17) is 11.5 Å². The fraction of sp³-hybridized carbons (Fsp3) is 0.385. The predicted octanol–water partition coefficient (Wildman–Crippen LogP) is 2.20. The summed E-state index contributed by atoms with van der Waals surface area (Å²) >= 11 is 1.75. The molecule has 100 valence electrons. The van der Waals surface area contributed by atoms with Crippen LogP contribution in [0.5, 0.6) is 0 Å². The largest absolute Gasteiger partial charge is 0.370 e. The lowest BCUT2D eigenvalue weighted by Crippen LogP contribution is -2.24. The van der Waals surface area contributed by atoms with Crippen LogP contribution in [0.2, 0.25) is 0 Å². The lowest BCUT2D eigenvalue weighted by atomic mass is 10.0. The summed E-state index contributed by atoms with van der Waals surface area (Å²) < 4.78 is 0. The van der Waals surface area contributed by atoms with Gasteiger partial charge in [-0.2, -0.15) is 16.8 Å². The van der Waals surface area contributed by atoms with Crippen molar-refractivity contribution in [2.24, 2.45) is 16.5 Å². The summed E-state index contributed by atoms with van der Waals surface area (Å²) in [6.45, 7) is 4.18. The second-order valence-corrected chi connectivity index (χ2v) is 4.84. The molecule has 0 unspecified atom stereocenters. The van der Waals surface area contributed by atoms with Crippen molar-refractivity contribution in [3.05, 3.63) is 35.4 Å². The highest BCUT2D eigenvalue weighted by Crippen LogP contribution is 2.14. The molecule has 0 spiro atoms. The molecule has 1 aromatic rings. The summed E-state index contributed by atoms with van der Waals surface area (Å²) in [5.74, 6) is -0.185. The molecule has 0 saturated heterocycles. The van der Waals surface area contributed by atoms with E-state index >= 15 is 0 Å². The number of nitrogens with zero attached hydrogens (tertiary/aromatic N) is 1. The Bertz CT molecular complexity index is 395. The summed E-state index contributed by atoms with van der Waals surface area (Å²) in [6.07, 6.45) is 4.08. The van der Waals surface area contributed by atoms with Crippen LogP contribution in [0.4, 0.5) is 0 Å². The van der Waals surface area contributed by atoms with Gasteiger partial charge in [-0.3, -0.25) is 4.79 Å². The van der Waals surface area contributed by atoms with Gasteiger partial charge in [-0.25, -0.2) is 0 Å². The van der Waals surface area contributed by atoms with Crippen molar-refractivity contribution in [1.29, 1.82) is 0 Å². The third-order valence-corrected chi connectivity index (χ3v) is 2.05. The number of nitrogens with two attached hydrogens (primary N) is 2. The number of benzene rings is 1. The van der Waals surface area contributed by atoms with Gasteiger partial charge in [0.25, 0.3) is 5.91 Å². The van der Waals surface area contributed by atoms with Gasteiger partial charge in [0.15, 0.2) is 5.96 Å². The highest BCUT2D eigenvalue weighted by Gasteiger charge is 2.05. The highest BCUT2D eigenvalue weighted by atomic mass is 32.2. The van der Waals surface area contributed by atoms with E-state index in [2.05, 4.69) is 18.8 Å². The predicted molar refractivity (Wildman–Crippen MR) is 80.1 cm³/mol. The molecule has 0 aliphatic carbocycles. The molecule has 0 radical (unpaired) electrons. The fourth-order valence-corrected chi connectivity index (χ4v) is 1.19. The Morgan fingerprint density at radius 2 is 1.61 bits per heavy atom. The zero-order chi connectivity index (χ0) is 14.1. The van der Waals surface area contributed by atoms with Gasteiger partial charge in [-0.15, -0.1) is 0 Å². The van der Waals surface area contributed by atoms with Crippen LogP contribution < -0.4 is 11.5 Å². The molecule has 0 aromatic heterocycles. The van der Waals surface area contributed by atoms with Crippen LogP contribution in [0.25, 0.3) is 0 Å². The van der Waals surface area contributed by atoms with Crippen molar-refractivity contribution in [2.75, 3.05) is 12.5 Å². The molecule has 4 N–H and O–H groups in total. The van der Waals surface area contributed by atoms with Gasteiger partial charge >= 0.3 is 0 Å². The zero-order valence-electron chi connectivity index (χ0n) is 11.3.